The molecule has 2 amide bonds. The van der Waals surface area contributed by atoms with E-state index >= 15 is 0 Å². The first-order valence-corrected chi connectivity index (χ1v) is 9.38. The minimum Gasteiger partial charge on any atom is -0.479 e. The van der Waals surface area contributed by atoms with E-state index in [-0.39, 0.29) is 11.8 Å². The van der Waals surface area contributed by atoms with E-state index < -0.39 is 11.9 Å². The second-order valence-electron chi connectivity index (χ2n) is 6.35. The summed E-state index contributed by atoms with van der Waals surface area (Å²) in [5.74, 6) is -0.359. The van der Waals surface area contributed by atoms with Gasteiger partial charge in [-0.15, -0.1) is 11.3 Å². The molecule has 0 bridgehead atoms. The van der Waals surface area contributed by atoms with Crippen molar-refractivity contribution in [1.82, 2.24) is 4.98 Å². The van der Waals surface area contributed by atoms with Crippen LogP contribution >= 0.6 is 11.3 Å². The van der Waals surface area contributed by atoms with Crippen LogP contribution in [0, 0.1) is 12.7 Å². The topological polar surface area (TPSA) is 80.3 Å². The van der Waals surface area contributed by atoms with E-state index in [9.17, 15) is 14.0 Å². The molecule has 1 aliphatic rings. The van der Waals surface area contributed by atoms with E-state index in [4.69, 9.17) is 4.74 Å². The second kappa shape index (κ2) is 7.05. The van der Waals surface area contributed by atoms with Gasteiger partial charge in [0.25, 0.3) is 11.8 Å². The summed E-state index contributed by atoms with van der Waals surface area (Å²) in [5, 5.41) is 5.99. The quantitative estimate of drug-likeness (QED) is 0.693. The molecule has 0 saturated carbocycles. The third-order valence-corrected chi connectivity index (χ3v) is 5.19. The Morgan fingerprint density at radius 2 is 2.00 bits per heavy atom. The molecule has 6 nitrogen and oxygen atoms in total. The van der Waals surface area contributed by atoms with E-state index in [1.54, 1.807) is 19.1 Å². The molecule has 0 spiro atoms. The average molecular weight is 397 g/mol. The highest BCUT2D eigenvalue weighted by Gasteiger charge is 2.24. The molecule has 3 aromatic rings. The van der Waals surface area contributed by atoms with Crippen LogP contribution in [0.1, 0.15) is 22.2 Å². The molecule has 1 unspecified atom stereocenters. The number of thiazole rings is 1. The Morgan fingerprint density at radius 1 is 1.25 bits per heavy atom. The fourth-order valence-corrected chi connectivity index (χ4v) is 3.68. The molecule has 8 heteroatoms. The summed E-state index contributed by atoms with van der Waals surface area (Å²) < 4.78 is 18.6. The molecule has 0 saturated heterocycles. The Labute approximate surface area is 164 Å². The lowest BCUT2D eigenvalue weighted by atomic mass is 10.1. The summed E-state index contributed by atoms with van der Waals surface area (Å²) in [5.41, 5.74) is 2.44. The highest BCUT2D eigenvalue weighted by molar-refractivity contribution is 7.16. The summed E-state index contributed by atoms with van der Waals surface area (Å²) in [6, 6.07) is 10.7. The van der Waals surface area contributed by atoms with Gasteiger partial charge in [0, 0.05) is 16.0 Å². The Hall–Kier alpha value is -3.26. The van der Waals surface area contributed by atoms with Crippen molar-refractivity contribution < 1.29 is 18.7 Å². The summed E-state index contributed by atoms with van der Waals surface area (Å²) in [7, 11) is 0. The summed E-state index contributed by atoms with van der Waals surface area (Å²) in [4.78, 5) is 29.6. The predicted molar refractivity (Wildman–Crippen MR) is 105 cm³/mol. The number of amides is 2. The Morgan fingerprint density at radius 3 is 2.75 bits per heavy atom. The van der Waals surface area contributed by atoms with Gasteiger partial charge in [-0.05, 0) is 56.3 Å². The second-order valence-corrected chi connectivity index (χ2v) is 7.55. The van der Waals surface area contributed by atoms with Crippen LogP contribution < -0.4 is 15.4 Å². The number of hydrogen-bond donors (Lipinski definition) is 2. The zero-order chi connectivity index (χ0) is 19.8. The number of aryl methyl sites for hydroxylation is 1. The fraction of sp³-hybridized carbons (Fsp3) is 0.150. The van der Waals surface area contributed by atoms with Crippen molar-refractivity contribution >= 4 is 34.0 Å². The van der Waals surface area contributed by atoms with E-state index in [2.05, 4.69) is 15.6 Å². The largest absolute Gasteiger partial charge is 0.479 e. The maximum atomic E-state index is 13.0. The molecule has 0 aliphatic carbocycles. The highest BCUT2D eigenvalue weighted by atomic mass is 32.1. The lowest BCUT2D eigenvalue weighted by Crippen LogP contribution is -2.34. The van der Waals surface area contributed by atoms with Crippen LogP contribution in [-0.4, -0.2) is 22.9 Å². The van der Waals surface area contributed by atoms with Crippen LogP contribution in [0.25, 0.3) is 11.3 Å². The minimum atomic E-state index is -0.535. The van der Waals surface area contributed by atoms with E-state index in [0.29, 0.717) is 27.8 Å². The van der Waals surface area contributed by atoms with Crippen LogP contribution in [-0.2, 0) is 4.79 Å². The van der Waals surface area contributed by atoms with Crippen molar-refractivity contribution in [2.45, 2.75) is 20.0 Å². The number of rotatable bonds is 3. The smallest absolute Gasteiger partial charge is 0.265 e. The fourth-order valence-electron chi connectivity index (χ4n) is 2.84. The first-order chi connectivity index (χ1) is 13.4. The van der Waals surface area contributed by atoms with Gasteiger partial charge in [0.15, 0.2) is 11.2 Å². The molecule has 0 radical (unpaired) electrons. The third-order valence-electron chi connectivity index (χ3n) is 4.31. The first kappa shape index (κ1) is 18.1. The number of anilines is 2. The summed E-state index contributed by atoms with van der Waals surface area (Å²) >= 11 is 1.34. The van der Waals surface area contributed by atoms with Gasteiger partial charge in [0.1, 0.15) is 11.6 Å². The lowest BCUT2D eigenvalue weighted by Gasteiger charge is -2.23. The molecule has 28 heavy (non-hydrogen) atoms. The predicted octanol–water partition coefficient (Wildman–Crippen LogP) is 4.23. The average Bonchev–Trinajstić information content (AvgIpc) is 3.03. The molecule has 1 aliphatic heterocycles. The van der Waals surface area contributed by atoms with Crippen molar-refractivity contribution in [2.24, 2.45) is 0 Å². The van der Waals surface area contributed by atoms with Gasteiger partial charge in [-0.3, -0.25) is 14.9 Å². The van der Waals surface area contributed by atoms with Gasteiger partial charge in [-0.25, -0.2) is 9.37 Å². The SMILES string of the molecule is Cc1sc(NC(=O)c2ccc(F)cc2)nc1-c1ccc2c(c1)NC(=O)C(C)O2. The van der Waals surface area contributed by atoms with Crippen LogP contribution in [0.15, 0.2) is 42.5 Å². The van der Waals surface area contributed by atoms with Crippen molar-refractivity contribution in [3.05, 3.63) is 58.7 Å². The van der Waals surface area contributed by atoms with Gasteiger partial charge in [0.05, 0.1) is 11.4 Å². The Balaban J connectivity index is 1.58. The molecule has 1 atom stereocenters. The van der Waals surface area contributed by atoms with E-state index in [1.807, 2.05) is 13.0 Å². The number of nitrogens with zero attached hydrogens (tertiary/aromatic N) is 1. The number of carbonyl (C=O) groups is 2. The molecule has 1 aromatic heterocycles. The number of ether oxygens (including phenoxy) is 1. The van der Waals surface area contributed by atoms with Crippen molar-refractivity contribution in [1.29, 1.82) is 0 Å². The Bertz CT molecular complexity index is 1080. The maximum Gasteiger partial charge on any atom is 0.265 e. The Kier molecular flexibility index (Phi) is 4.56. The van der Waals surface area contributed by atoms with Gasteiger partial charge in [-0.1, -0.05) is 0 Å². The van der Waals surface area contributed by atoms with Gasteiger partial charge in [0.2, 0.25) is 0 Å². The van der Waals surface area contributed by atoms with Crippen LogP contribution in [0.2, 0.25) is 0 Å². The molecule has 4 rings (SSSR count). The molecule has 2 heterocycles. The third kappa shape index (κ3) is 3.46. The zero-order valence-corrected chi connectivity index (χ0v) is 15.9. The van der Waals surface area contributed by atoms with E-state index in [0.717, 1.165) is 10.4 Å². The van der Waals surface area contributed by atoms with E-state index in [1.165, 1.54) is 35.6 Å². The maximum absolute atomic E-state index is 13.0. The molecule has 0 fully saturated rings. The first-order valence-electron chi connectivity index (χ1n) is 8.57. The van der Waals surface area contributed by atoms with Gasteiger partial charge >= 0.3 is 0 Å². The number of hydrogen-bond acceptors (Lipinski definition) is 5. The number of carbonyl (C=O) groups excluding carboxylic acids is 2. The van der Waals surface area contributed by atoms with Crippen LogP contribution in [0.5, 0.6) is 5.75 Å². The standard InChI is InChI=1S/C20H16FN3O3S/c1-10-18(25)22-15-9-13(5-8-16(15)27-10)17-11(2)28-20(23-17)24-19(26)12-3-6-14(21)7-4-12/h3-10H,1-2H3,(H,22,25)(H,23,24,26). The van der Waals surface area contributed by atoms with Crippen molar-refractivity contribution in [3.8, 4) is 17.0 Å². The van der Waals surface area contributed by atoms with Crippen LogP contribution in [0.3, 0.4) is 0 Å². The monoisotopic (exact) mass is 397 g/mol. The van der Waals surface area contributed by atoms with Crippen molar-refractivity contribution in [3.63, 3.8) is 0 Å². The zero-order valence-electron chi connectivity index (χ0n) is 15.1. The number of benzene rings is 2. The lowest BCUT2D eigenvalue weighted by molar-refractivity contribution is -0.122. The number of aromatic nitrogens is 1. The number of nitrogens with one attached hydrogen (secondary N) is 2. The van der Waals surface area contributed by atoms with Crippen molar-refractivity contribution in [2.75, 3.05) is 10.6 Å². The molecule has 142 valence electrons. The van der Waals surface area contributed by atoms with Gasteiger partial charge in [-0.2, -0.15) is 0 Å². The molecular formula is C20H16FN3O3S. The van der Waals surface area contributed by atoms with Crippen LogP contribution in [0.4, 0.5) is 15.2 Å². The molecule has 2 N–H and O–H groups in total. The minimum absolute atomic E-state index is 0.202. The number of fused-ring (bicyclic) bond motifs is 1. The number of halogens is 1. The normalized spacial score (nSPS) is 15.4. The molecule has 2 aromatic carbocycles. The summed E-state index contributed by atoms with van der Waals surface area (Å²) in [6.07, 6.45) is -0.535. The summed E-state index contributed by atoms with van der Waals surface area (Å²) in [6.45, 7) is 3.59. The molecular weight excluding hydrogens is 381 g/mol. The van der Waals surface area contributed by atoms with Gasteiger partial charge < -0.3 is 10.1 Å². The highest BCUT2D eigenvalue weighted by Crippen LogP contribution is 2.37.